The fraction of sp³-hybridized carbons (Fsp3) is 0.778. The Morgan fingerprint density at radius 2 is 1.73 bits per heavy atom. The van der Waals surface area contributed by atoms with E-state index in [2.05, 4.69) is 39.9 Å². The molecule has 11 heavy (non-hydrogen) atoms. The van der Waals surface area contributed by atoms with E-state index in [1.807, 2.05) is 6.92 Å². The lowest BCUT2D eigenvalue weighted by Crippen LogP contribution is -2.18. The van der Waals surface area contributed by atoms with Crippen LogP contribution in [0.25, 0.3) is 0 Å². The van der Waals surface area contributed by atoms with Crippen molar-refractivity contribution >= 4 is 9.04 Å². The Morgan fingerprint density at radius 3 is 1.82 bits per heavy atom. The summed E-state index contributed by atoms with van der Waals surface area (Å²) in [6.45, 7) is 12.9. The first-order valence-corrected chi connectivity index (χ1v) is 6.43. The number of hydrogen-bond acceptors (Lipinski definition) is 1. The summed E-state index contributed by atoms with van der Waals surface area (Å²) in [5.41, 5.74) is 0.163. The van der Waals surface area contributed by atoms with E-state index in [4.69, 9.17) is 4.43 Å². The smallest absolute Gasteiger partial charge is 0.273 e. The Morgan fingerprint density at radius 1 is 1.27 bits per heavy atom. The Hall–Kier alpha value is -0.243. The molecule has 0 aromatic rings. The highest BCUT2D eigenvalue weighted by Crippen LogP contribution is 2.26. The molecule has 2 heteroatoms. The van der Waals surface area contributed by atoms with Gasteiger partial charge in [0.2, 0.25) is 0 Å². The van der Waals surface area contributed by atoms with Crippen molar-refractivity contribution in [3.63, 3.8) is 0 Å². The van der Waals surface area contributed by atoms with Gasteiger partial charge in [-0.05, 0) is 20.0 Å². The normalized spacial score (nSPS) is 13.9. The zero-order chi connectivity index (χ0) is 9.07. The molecule has 0 aromatic heterocycles. The van der Waals surface area contributed by atoms with Gasteiger partial charge in [-0.15, -0.1) is 0 Å². The minimum Gasteiger partial charge on any atom is -0.545 e. The molecule has 1 nitrogen and oxygen atoms in total. The maximum absolute atomic E-state index is 5.73. The summed E-state index contributed by atoms with van der Waals surface area (Å²) in [6.07, 6.45) is 2.07. The van der Waals surface area contributed by atoms with E-state index in [9.17, 15) is 0 Å². The second kappa shape index (κ2) is 3.95. The Labute approximate surface area is 72.2 Å². The summed E-state index contributed by atoms with van der Waals surface area (Å²) in [5.74, 6) is 1.12. The molecule has 0 aromatic carbocycles. The van der Waals surface area contributed by atoms with Crippen LogP contribution in [-0.4, -0.2) is 9.04 Å². The van der Waals surface area contributed by atoms with Crippen molar-refractivity contribution < 1.29 is 4.43 Å². The maximum Gasteiger partial charge on any atom is 0.273 e. The van der Waals surface area contributed by atoms with Crippen molar-refractivity contribution in [3.8, 4) is 0 Å². The van der Waals surface area contributed by atoms with Gasteiger partial charge in [-0.25, -0.2) is 0 Å². The molecular weight excluding hydrogens is 152 g/mol. The molecule has 0 saturated heterocycles. The molecule has 0 atom stereocenters. The summed E-state index contributed by atoms with van der Waals surface area (Å²) in [4.78, 5) is 0. The van der Waals surface area contributed by atoms with Crippen LogP contribution in [0, 0.1) is 5.41 Å². The van der Waals surface area contributed by atoms with Crippen molar-refractivity contribution in [2.45, 2.75) is 40.8 Å². The van der Waals surface area contributed by atoms with E-state index in [0.29, 0.717) is 0 Å². The maximum atomic E-state index is 5.73. The zero-order valence-corrected chi connectivity index (χ0v) is 9.49. The van der Waals surface area contributed by atoms with Gasteiger partial charge in [0.15, 0.2) is 0 Å². The summed E-state index contributed by atoms with van der Waals surface area (Å²) in [7, 11) is -0.596. The summed E-state index contributed by atoms with van der Waals surface area (Å²) < 4.78 is 5.73. The predicted molar refractivity (Wildman–Crippen MR) is 51.8 cm³/mol. The number of rotatable bonds is 2. The first kappa shape index (κ1) is 10.8. The van der Waals surface area contributed by atoms with Crippen LogP contribution < -0.4 is 0 Å². The van der Waals surface area contributed by atoms with Crippen molar-refractivity contribution in [1.29, 1.82) is 0 Å². The van der Waals surface area contributed by atoms with Gasteiger partial charge in [0, 0.05) is 5.41 Å². The van der Waals surface area contributed by atoms with Crippen LogP contribution in [0.5, 0.6) is 0 Å². The summed E-state index contributed by atoms with van der Waals surface area (Å²) >= 11 is 0. The highest BCUT2D eigenvalue weighted by atomic mass is 28.3. The van der Waals surface area contributed by atoms with E-state index in [1.165, 1.54) is 0 Å². The fourth-order valence-electron chi connectivity index (χ4n) is 0.865. The lowest BCUT2D eigenvalue weighted by atomic mass is 9.94. The zero-order valence-electron chi connectivity index (χ0n) is 8.49. The molecule has 0 rings (SSSR count). The highest BCUT2D eigenvalue weighted by Gasteiger charge is 2.18. The average molecular weight is 171 g/mol. The minimum absolute atomic E-state index is 0.163. The fourth-order valence-corrected chi connectivity index (χ4v) is 1.73. The van der Waals surface area contributed by atoms with Gasteiger partial charge in [-0.1, -0.05) is 26.8 Å². The molecule has 0 bridgehead atoms. The highest BCUT2D eigenvalue weighted by molar-refractivity contribution is 6.48. The van der Waals surface area contributed by atoms with E-state index in [-0.39, 0.29) is 5.41 Å². The monoisotopic (exact) mass is 171 g/mol. The van der Waals surface area contributed by atoms with Crippen LogP contribution in [0.3, 0.4) is 0 Å². The average Bonchev–Trinajstić information content (AvgIpc) is 1.79. The van der Waals surface area contributed by atoms with E-state index in [1.54, 1.807) is 0 Å². The SMILES string of the molecule is C/C=C(\O[Si](C)C)C(C)(C)C. The third-order valence-corrected chi connectivity index (χ3v) is 1.94. The largest absolute Gasteiger partial charge is 0.545 e. The van der Waals surface area contributed by atoms with E-state index in [0.717, 1.165) is 5.76 Å². The molecular formula is C9H19OSi. The first-order chi connectivity index (χ1) is 4.88. The van der Waals surface area contributed by atoms with Crippen LogP contribution in [-0.2, 0) is 4.43 Å². The van der Waals surface area contributed by atoms with Crippen LogP contribution >= 0.6 is 0 Å². The van der Waals surface area contributed by atoms with Crippen molar-refractivity contribution in [2.75, 3.05) is 0 Å². The summed E-state index contributed by atoms with van der Waals surface area (Å²) in [6, 6.07) is 0. The molecule has 65 valence electrons. The number of hydrogen-bond donors (Lipinski definition) is 0. The molecule has 0 unspecified atom stereocenters. The lowest BCUT2D eigenvalue weighted by Gasteiger charge is -2.25. The van der Waals surface area contributed by atoms with E-state index < -0.39 is 9.04 Å². The molecule has 0 saturated carbocycles. The van der Waals surface area contributed by atoms with Gasteiger partial charge in [0.25, 0.3) is 9.04 Å². The second-order valence-electron chi connectivity index (χ2n) is 3.91. The third kappa shape index (κ3) is 4.25. The Bertz CT molecular complexity index is 142. The van der Waals surface area contributed by atoms with Crippen molar-refractivity contribution in [2.24, 2.45) is 5.41 Å². The molecule has 0 aliphatic rings. The molecule has 1 radical (unpaired) electrons. The Kier molecular flexibility index (Phi) is 3.87. The first-order valence-electron chi connectivity index (χ1n) is 4.02. The molecule has 0 spiro atoms. The topological polar surface area (TPSA) is 9.23 Å². The van der Waals surface area contributed by atoms with Gasteiger partial charge in [-0.2, -0.15) is 0 Å². The van der Waals surface area contributed by atoms with Crippen LogP contribution in [0.15, 0.2) is 11.8 Å². The standard InChI is InChI=1S/C9H19OSi/c1-7-8(9(2,3)4)10-11(5)6/h7H,1-6H3/b8-7-. The lowest BCUT2D eigenvalue weighted by molar-refractivity contribution is 0.297. The Balaban J connectivity index is 4.21. The van der Waals surface area contributed by atoms with Gasteiger partial charge in [0.1, 0.15) is 0 Å². The number of allylic oxidation sites excluding steroid dienone is 2. The molecule has 0 fully saturated rings. The quantitative estimate of drug-likeness (QED) is 0.458. The molecule has 0 aliphatic heterocycles. The van der Waals surface area contributed by atoms with Gasteiger partial charge in [0.05, 0.1) is 5.76 Å². The predicted octanol–water partition coefficient (Wildman–Crippen LogP) is 3.20. The minimum atomic E-state index is -0.596. The second-order valence-corrected chi connectivity index (χ2v) is 5.93. The third-order valence-electron chi connectivity index (χ3n) is 1.32. The van der Waals surface area contributed by atoms with Gasteiger partial charge < -0.3 is 4.43 Å². The van der Waals surface area contributed by atoms with Crippen LogP contribution in [0.4, 0.5) is 0 Å². The van der Waals surface area contributed by atoms with Crippen molar-refractivity contribution in [1.82, 2.24) is 0 Å². The van der Waals surface area contributed by atoms with Crippen LogP contribution in [0.2, 0.25) is 13.1 Å². The van der Waals surface area contributed by atoms with Gasteiger partial charge >= 0.3 is 0 Å². The molecule has 0 heterocycles. The van der Waals surface area contributed by atoms with Gasteiger partial charge in [-0.3, -0.25) is 0 Å². The van der Waals surface area contributed by atoms with Crippen LogP contribution in [0.1, 0.15) is 27.7 Å². The molecule has 0 amide bonds. The summed E-state index contributed by atoms with van der Waals surface area (Å²) in [5, 5.41) is 0. The molecule has 0 N–H and O–H groups in total. The van der Waals surface area contributed by atoms with E-state index >= 15 is 0 Å². The molecule has 0 aliphatic carbocycles. The van der Waals surface area contributed by atoms with Crippen molar-refractivity contribution in [3.05, 3.63) is 11.8 Å².